The number of hydrogen-bond acceptors (Lipinski definition) is 3. The zero-order valence-electron chi connectivity index (χ0n) is 12.0. The standard InChI is InChI=1S/C16H25N3/c1-16(9-5-2-6-10-16)11-17-15-13-7-3-4-8-14(13)18-12-19-15/h12H,2-11H2,1H3,(H,17,18,19). The van der Waals surface area contributed by atoms with Crippen molar-refractivity contribution in [3.05, 3.63) is 17.6 Å². The molecule has 0 aliphatic heterocycles. The van der Waals surface area contributed by atoms with Crippen LogP contribution in [0.1, 0.15) is 63.1 Å². The number of aryl methyl sites for hydroxylation is 1. The average Bonchev–Trinajstić information content (AvgIpc) is 2.46. The maximum atomic E-state index is 4.49. The van der Waals surface area contributed by atoms with Gasteiger partial charge in [0.25, 0.3) is 0 Å². The van der Waals surface area contributed by atoms with E-state index in [1.807, 2.05) is 0 Å². The number of rotatable bonds is 3. The maximum absolute atomic E-state index is 4.49. The Balaban J connectivity index is 1.69. The average molecular weight is 259 g/mol. The number of hydrogen-bond donors (Lipinski definition) is 1. The Bertz CT molecular complexity index is 436. The number of aromatic nitrogens is 2. The molecule has 0 bridgehead atoms. The summed E-state index contributed by atoms with van der Waals surface area (Å²) in [6.45, 7) is 3.49. The number of nitrogens with zero attached hydrogens (tertiary/aromatic N) is 2. The molecule has 1 heterocycles. The van der Waals surface area contributed by atoms with Gasteiger partial charge in [0.1, 0.15) is 12.1 Å². The molecular formula is C16H25N3. The highest BCUT2D eigenvalue weighted by Crippen LogP contribution is 2.36. The molecule has 0 aromatic carbocycles. The molecular weight excluding hydrogens is 234 g/mol. The zero-order valence-corrected chi connectivity index (χ0v) is 12.0. The molecule has 0 saturated heterocycles. The van der Waals surface area contributed by atoms with E-state index in [1.165, 1.54) is 56.2 Å². The highest BCUT2D eigenvalue weighted by molar-refractivity contribution is 5.47. The molecule has 3 nitrogen and oxygen atoms in total. The molecule has 1 aromatic rings. The number of fused-ring (bicyclic) bond motifs is 1. The highest BCUT2D eigenvalue weighted by atomic mass is 15.0. The summed E-state index contributed by atoms with van der Waals surface area (Å²) in [5.74, 6) is 1.11. The molecule has 1 N–H and O–H groups in total. The lowest BCUT2D eigenvalue weighted by molar-refractivity contribution is 0.233. The molecule has 19 heavy (non-hydrogen) atoms. The van der Waals surface area contributed by atoms with Crippen molar-refractivity contribution in [2.24, 2.45) is 5.41 Å². The zero-order chi connectivity index (χ0) is 13.1. The van der Waals surface area contributed by atoms with Crippen LogP contribution in [-0.2, 0) is 12.8 Å². The minimum atomic E-state index is 0.463. The largest absolute Gasteiger partial charge is 0.369 e. The first kappa shape index (κ1) is 12.9. The van der Waals surface area contributed by atoms with E-state index in [4.69, 9.17) is 0 Å². The number of nitrogens with one attached hydrogen (secondary N) is 1. The third-order valence-corrected chi connectivity index (χ3v) is 4.87. The van der Waals surface area contributed by atoms with Gasteiger partial charge >= 0.3 is 0 Å². The lowest BCUT2D eigenvalue weighted by atomic mass is 9.76. The monoisotopic (exact) mass is 259 g/mol. The van der Waals surface area contributed by atoms with Gasteiger partial charge in [-0.1, -0.05) is 26.2 Å². The smallest absolute Gasteiger partial charge is 0.132 e. The summed E-state index contributed by atoms with van der Waals surface area (Å²) in [7, 11) is 0. The summed E-state index contributed by atoms with van der Waals surface area (Å²) in [5.41, 5.74) is 3.12. The summed E-state index contributed by atoms with van der Waals surface area (Å²) >= 11 is 0. The van der Waals surface area contributed by atoms with Crippen molar-refractivity contribution in [1.29, 1.82) is 0 Å². The molecule has 104 valence electrons. The van der Waals surface area contributed by atoms with Crippen LogP contribution >= 0.6 is 0 Å². The first-order valence-electron chi connectivity index (χ1n) is 7.83. The van der Waals surface area contributed by atoms with E-state index >= 15 is 0 Å². The Morgan fingerprint density at radius 1 is 1.05 bits per heavy atom. The van der Waals surface area contributed by atoms with E-state index in [-0.39, 0.29) is 0 Å². The van der Waals surface area contributed by atoms with Gasteiger partial charge in [-0.3, -0.25) is 0 Å². The van der Waals surface area contributed by atoms with Crippen LogP contribution < -0.4 is 5.32 Å². The second kappa shape index (κ2) is 5.48. The van der Waals surface area contributed by atoms with Crippen molar-refractivity contribution in [3.8, 4) is 0 Å². The van der Waals surface area contributed by atoms with Crippen LogP contribution in [0, 0.1) is 5.41 Å². The van der Waals surface area contributed by atoms with Gasteiger partial charge in [-0.2, -0.15) is 0 Å². The van der Waals surface area contributed by atoms with E-state index in [2.05, 4.69) is 22.2 Å². The fraction of sp³-hybridized carbons (Fsp3) is 0.750. The summed E-state index contributed by atoms with van der Waals surface area (Å²) in [5, 5.41) is 3.63. The van der Waals surface area contributed by atoms with Gasteiger partial charge in [0.15, 0.2) is 0 Å². The summed E-state index contributed by atoms with van der Waals surface area (Å²) < 4.78 is 0. The van der Waals surface area contributed by atoms with E-state index < -0.39 is 0 Å². The van der Waals surface area contributed by atoms with Crippen LogP contribution in [0.15, 0.2) is 6.33 Å². The van der Waals surface area contributed by atoms with Crippen LogP contribution in [0.4, 0.5) is 5.82 Å². The Hall–Kier alpha value is -1.12. The predicted molar refractivity (Wildman–Crippen MR) is 78.4 cm³/mol. The predicted octanol–water partition coefficient (Wildman–Crippen LogP) is 3.74. The molecule has 1 saturated carbocycles. The topological polar surface area (TPSA) is 37.8 Å². The van der Waals surface area contributed by atoms with Gasteiger partial charge in [0.2, 0.25) is 0 Å². The molecule has 2 aliphatic carbocycles. The van der Waals surface area contributed by atoms with Gasteiger partial charge < -0.3 is 5.32 Å². The third-order valence-electron chi connectivity index (χ3n) is 4.87. The summed E-state index contributed by atoms with van der Waals surface area (Å²) in [6.07, 6.45) is 13.5. The van der Waals surface area contributed by atoms with Gasteiger partial charge in [-0.25, -0.2) is 9.97 Å². The van der Waals surface area contributed by atoms with Gasteiger partial charge in [-0.05, 0) is 43.9 Å². The van der Waals surface area contributed by atoms with Crippen LogP contribution in [0.3, 0.4) is 0 Å². The fourth-order valence-electron chi connectivity index (χ4n) is 3.55. The molecule has 3 rings (SSSR count). The maximum Gasteiger partial charge on any atom is 0.132 e. The van der Waals surface area contributed by atoms with Gasteiger partial charge in [-0.15, -0.1) is 0 Å². The molecule has 0 radical (unpaired) electrons. The van der Waals surface area contributed by atoms with Crippen LogP contribution in [0.2, 0.25) is 0 Å². The molecule has 1 fully saturated rings. The van der Waals surface area contributed by atoms with Crippen molar-refractivity contribution in [2.75, 3.05) is 11.9 Å². The minimum absolute atomic E-state index is 0.463. The molecule has 0 unspecified atom stereocenters. The van der Waals surface area contributed by atoms with E-state index in [0.717, 1.165) is 25.2 Å². The summed E-state index contributed by atoms with van der Waals surface area (Å²) in [6, 6.07) is 0. The van der Waals surface area contributed by atoms with Crippen molar-refractivity contribution in [2.45, 2.75) is 64.7 Å². The van der Waals surface area contributed by atoms with Crippen molar-refractivity contribution >= 4 is 5.82 Å². The lowest BCUT2D eigenvalue weighted by Crippen LogP contribution is -2.29. The van der Waals surface area contributed by atoms with E-state index in [9.17, 15) is 0 Å². The highest BCUT2D eigenvalue weighted by Gasteiger charge is 2.27. The Morgan fingerprint density at radius 2 is 1.84 bits per heavy atom. The lowest BCUT2D eigenvalue weighted by Gasteiger charge is -2.34. The molecule has 0 spiro atoms. The van der Waals surface area contributed by atoms with E-state index in [1.54, 1.807) is 6.33 Å². The quantitative estimate of drug-likeness (QED) is 0.898. The second-order valence-electron chi connectivity index (χ2n) is 6.58. The van der Waals surface area contributed by atoms with Crippen LogP contribution in [-0.4, -0.2) is 16.5 Å². The molecule has 0 amide bonds. The Labute approximate surface area is 116 Å². The van der Waals surface area contributed by atoms with Crippen LogP contribution in [0.5, 0.6) is 0 Å². The molecule has 1 aromatic heterocycles. The SMILES string of the molecule is CC1(CNc2ncnc3c2CCCC3)CCCCC1. The summed E-state index contributed by atoms with van der Waals surface area (Å²) in [4.78, 5) is 8.93. The molecule has 2 aliphatic rings. The molecule has 0 atom stereocenters. The van der Waals surface area contributed by atoms with E-state index in [0.29, 0.717) is 5.41 Å². The second-order valence-corrected chi connectivity index (χ2v) is 6.58. The first-order valence-corrected chi connectivity index (χ1v) is 7.83. The van der Waals surface area contributed by atoms with Crippen LogP contribution in [0.25, 0.3) is 0 Å². The van der Waals surface area contributed by atoms with Gasteiger partial charge in [0, 0.05) is 17.8 Å². The molecule has 3 heteroatoms. The minimum Gasteiger partial charge on any atom is -0.369 e. The Kier molecular flexibility index (Phi) is 3.72. The van der Waals surface area contributed by atoms with Gasteiger partial charge in [0.05, 0.1) is 0 Å². The Morgan fingerprint density at radius 3 is 2.68 bits per heavy atom. The first-order chi connectivity index (χ1) is 9.27. The normalized spacial score (nSPS) is 21.7. The van der Waals surface area contributed by atoms with Crippen molar-refractivity contribution in [3.63, 3.8) is 0 Å². The van der Waals surface area contributed by atoms with Crippen molar-refractivity contribution < 1.29 is 0 Å². The number of anilines is 1. The fourth-order valence-corrected chi connectivity index (χ4v) is 3.55. The van der Waals surface area contributed by atoms with Crippen molar-refractivity contribution in [1.82, 2.24) is 9.97 Å². The third kappa shape index (κ3) is 2.90.